The van der Waals surface area contributed by atoms with Gasteiger partial charge in [0.2, 0.25) is 0 Å². The first-order valence-electron chi connectivity index (χ1n) is 9.24. The minimum Gasteiger partial charge on any atom is -0.496 e. The van der Waals surface area contributed by atoms with Crippen molar-refractivity contribution in [3.8, 4) is 17.6 Å². The Kier molecular flexibility index (Phi) is 5.99. The van der Waals surface area contributed by atoms with E-state index in [-0.39, 0.29) is 5.91 Å². The maximum Gasteiger partial charge on any atom is 0.254 e. The summed E-state index contributed by atoms with van der Waals surface area (Å²) in [5, 5.41) is 12.8. The predicted molar refractivity (Wildman–Crippen MR) is 112 cm³/mol. The Balaban J connectivity index is 2.11. The van der Waals surface area contributed by atoms with Crippen LogP contribution >= 0.6 is 0 Å². The van der Waals surface area contributed by atoms with Gasteiger partial charge in [-0.2, -0.15) is 5.26 Å². The number of hydrogen-bond acceptors (Lipinski definition) is 5. The highest BCUT2D eigenvalue weighted by molar-refractivity contribution is 6.08. The first-order valence-corrected chi connectivity index (χ1v) is 9.24. The number of nitrogens with zero attached hydrogens (tertiary/aromatic N) is 2. The molecule has 0 spiro atoms. The molecule has 148 valence electrons. The van der Waals surface area contributed by atoms with E-state index in [1.165, 1.54) is 0 Å². The monoisotopic (exact) mass is 389 g/mol. The summed E-state index contributed by atoms with van der Waals surface area (Å²) in [6, 6.07) is 17.0. The van der Waals surface area contributed by atoms with Gasteiger partial charge in [-0.05, 0) is 32.0 Å². The lowest BCUT2D eigenvalue weighted by atomic mass is 9.75. The van der Waals surface area contributed by atoms with Crippen molar-refractivity contribution in [2.75, 3.05) is 19.5 Å². The van der Waals surface area contributed by atoms with Crippen LogP contribution in [0.25, 0.3) is 0 Å². The van der Waals surface area contributed by atoms with Gasteiger partial charge in [-0.15, -0.1) is 0 Å². The number of rotatable bonds is 5. The Hall–Kier alpha value is -3.59. The largest absolute Gasteiger partial charge is 0.496 e. The van der Waals surface area contributed by atoms with E-state index < -0.39 is 11.8 Å². The number of carbonyl (C=O) groups is 1. The van der Waals surface area contributed by atoms with E-state index in [9.17, 15) is 10.1 Å². The zero-order valence-electron chi connectivity index (χ0n) is 16.9. The number of para-hydroxylation sites is 3. The van der Waals surface area contributed by atoms with Crippen LogP contribution in [-0.4, -0.2) is 25.8 Å². The number of benzene rings is 2. The molecule has 2 aromatic carbocycles. The molecular formula is C23H23N3O3. The molecule has 1 amide bonds. The first-order chi connectivity index (χ1) is 14.0. The Morgan fingerprint density at radius 3 is 2.31 bits per heavy atom. The summed E-state index contributed by atoms with van der Waals surface area (Å²) in [5.74, 6) is -0.209. The molecule has 1 aliphatic heterocycles. The number of nitrogens with one attached hydrogen (secondary N) is 1. The molecule has 1 aliphatic rings. The average Bonchev–Trinajstić information content (AvgIpc) is 2.73. The number of hydrogen-bond donors (Lipinski definition) is 1. The fraction of sp³-hybridized carbons (Fsp3) is 0.261. The number of amides is 1. The normalized spacial score (nSPS) is 18.5. The van der Waals surface area contributed by atoms with Crippen LogP contribution in [0.1, 0.15) is 25.3 Å². The van der Waals surface area contributed by atoms with Crippen LogP contribution in [0.2, 0.25) is 0 Å². The van der Waals surface area contributed by atoms with Crippen molar-refractivity contribution in [1.82, 2.24) is 0 Å². The van der Waals surface area contributed by atoms with E-state index in [0.29, 0.717) is 34.2 Å². The molecule has 0 fully saturated rings. The second-order valence-electron chi connectivity index (χ2n) is 6.73. The van der Waals surface area contributed by atoms with Crippen molar-refractivity contribution in [2.24, 2.45) is 10.9 Å². The standard InChI is InChI=1S/C23H23N3O3/c1-14-17(13-24)22(16-9-5-7-11-19(16)28-3)21(15(2)25-14)23(27)26-18-10-6-8-12-20(18)29-4/h5-12,17,22H,1-4H3,(H,26,27). The molecular weight excluding hydrogens is 366 g/mol. The lowest BCUT2D eigenvalue weighted by Crippen LogP contribution is -2.31. The molecule has 0 saturated carbocycles. The van der Waals surface area contributed by atoms with Crippen molar-refractivity contribution in [2.45, 2.75) is 19.8 Å². The molecule has 0 radical (unpaired) electrons. The summed E-state index contributed by atoms with van der Waals surface area (Å²) in [6.07, 6.45) is 0. The molecule has 1 N–H and O–H groups in total. The third-order valence-electron chi connectivity index (χ3n) is 5.04. The molecule has 6 nitrogen and oxygen atoms in total. The molecule has 0 aliphatic carbocycles. The SMILES string of the molecule is COc1ccccc1NC(=O)C1=C(C)N=C(C)C(C#N)C1c1ccccc1OC. The number of anilines is 1. The third kappa shape index (κ3) is 3.85. The minimum atomic E-state index is -0.576. The van der Waals surface area contributed by atoms with E-state index in [2.05, 4.69) is 16.4 Å². The van der Waals surface area contributed by atoms with Crippen LogP contribution in [0.4, 0.5) is 5.69 Å². The van der Waals surface area contributed by atoms with Gasteiger partial charge in [0, 0.05) is 28.5 Å². The van der Waals surface area contributed by atoms with Gasteiger partial charge in [0.25, 0.3) is 5.91 Å². The van der Waals surface area contributed by atoms with Gasteiger partial charge >= 0.3 is 0 Å². The molecule has 29 heavy (non-hydrogen) atoms. The number of carbonyl (C=O) groups excluding carboxylic acids is 1. The maximum absolute atomic E-state index is 13.4. The van der Waals surface area contributed by atoms with Gasteiger partial charge in [-0.25, -0.2) is 0 Å². The molecule has 0 bridgehead atoms. The fourth-order valence-electron chi connectivity index (χ4n) is 3.70. The third-order valence-corrected chi connectivity index (χ3v) is 5.04. The van der Waals surface area contributed by atoms with Gasteiger partial charge in [0.05, 0.1) is 31.9 Å². The Morgan fingerprint density at radius 2 is 1.66 bits per heavy atom. The first kappa shape index (κ1) is 20.2. The van der Waals surface area contributed by atoms with Gasteiger partial charge in [0.1, 0.15) is 11.5 Å². The summed E-state index contributed by atoms with van der Waals surface area (Å²) in [6.45, 7) is 3.60. The van der Waals surface area contributed by atoms with Crippen LogP contribution in [0.5, 0.6) is 11.5 Å². The highest BCUT2D eigenvalue weighted by atomic mass is 16.5. The fourth-order valence-corrected chi connectivity index (χ4v) is 3.70. The van der Waals surface area contributed by atoms with E-state index >= 15 is 0 Å². The molecule has 2 unspecified atom stereocenters. The number of allylic oxidation sites excluding steroid dienone is 1. The molecule has 0 saturated heterocycles. The second-order valence-corrected chi connectivity index (χ2v) is 6.73. The quantitative estimate of drug-likeness (QED) is 0.826. The number of nitriles is 1. The van der Waals surface area contributed by atoms with Crippen LogP contribution in [0.15, 0.2) is 64.8 Å². The Morgan fingerprint density at radius 1 is 1.03 bits per heavy atom. The van der Waals surface area contributed by atoms with E-state index in [0.717, 1.165) is 5.56 Å². The van der Waals surface area contributed by atoms with Gasteiger partial charge < -0.3 is 14.8 Å². The smallest absolute Gasteiger partial charge is 0.254 e. The summed E-state index contributed by atoms with van der Waals surface area (Å²) >= 11 is 0. The molecule has 2 atom stereocenters. The van der Waals surface area contributed by atoms with Crippen molar-refractivity contribution in [1.29, 1.82) is 5.26 Å². The second kappa shape index (κ2) is 8.61. The highest BCUT2D eigenvalue weighted by Crippen LogP contribution is 2.42. The molecule has 2 aromatic rings. The van der Waals surface area contributed by atoms with Crippen molar-refractivity contribution in [3.63, 3.8) is 0 Å². The van der Waals surface area contributed by atoms with Gasteiger partial charge in [-0.3, -0.25) is 9.79 Å². The van der Waals surface area contributed by atoms with Crippen molar-refractivity contribution < 1.29 is 14.3 Å². The van der Waals surface area contributed by atoms with Crippen LogP contribution in [-0.2, 0) is 4.79 Å². The van der Waals surface area contributed by atoms with E-state index in [1.807, 2.05) is 43.3 Å². The summed E-state index contributed by atoms with van der Waals surface area (Å²) < 4.78 is 10.9. The Bertz CT molecular complexity index is 1030. The zero-order valence-corrected chi connectivity index (χ0v) is 16.9. The molecule has 6 heteroatoms. The number of aliphatic imine (C=N–C) groups is 1. The van der Waals surface area contributed by atoms with E-state index in [1.54, 1.807) is 33.3 Å². The molecule has 0 aromatic heterocycles. The molecule has 3 rings (SSSR count). The van der Waals surface area contributed by atoms with Gasteiger partial charge in [-0.1, -0.05) is 30.3 Å². The van der Waals surface area contributed by atoms with E-state index in [4.69, 9.17) is 9.47 Å². The average molecular weight is 389 g/mol. The molecule has 1 heterocycles. The summed E-state index contributed by atoms with van der Waals surface area (Å²) in [5.41, 5.74) is 3.03. The van der Waals surface area contributed by atoms with Crippen molar-refractivity contribution >= 4 is 17.3 Å². The lowest BCUT2D eigenvalue weighted by Gasteiger charge is -2.30. The number of methoxy groups -OCH3 is 2. The maximum atomic E-state index is 13.4. The van der Waals surface area contributed by atoms with Crippen LogP contribution in [0.3, 0.4) is 0 Å². The topological polar surface area (TPSA) is 83.7 Å². The highest BCUT2D eigenvalue weighted by Gasteiger charge is 2.38. The summed E-state index contributed by atoms with van der Waals surface area (Å²) in [4.78, 5) is 17.8. The van der Waals surface area contributed by atoms with Crippen LogP contribution < -0.4 is 14.8 Å². The lowest BCUT2D eigenvalue weighted by molar-refractivity contribution is -0.113. The van der Waals surface area contributed by atoms with Gasteiger partial charge in [0.15, 0.2) is 0 Å². The zero-order chi connectivity index (χ0) is 21.0. The number of ether oxygens (including phenoxy) is 2. The van der Waals surface area contributed by atoms with Crippen molar-refractivity contribution in [3.05, 3.63) is 65.4 Å². The van der Waals surface area contributed by atoms with Crippen LogP contribution in [0, 0.1) is 17.2 Å². The predicted octanol–water partition coefficient (Wildman–Crippen LogP) is 4.31. The Labute approximate surface area is 170 Å². The summed E-state index contributed by atoms with van der Waals surface area (Å²) in [7, 11) is 3.13. The minimum absolute atomic E-state index is 0.320.